The van der Waals surface area contributed by atoms with Crippen molar-refractivity contribution in [2.75, 3.05) is 16.8 Å². The molecule has 1 saturated heterocycles. The number of halogens is 2. The van der Waals surface area contributed by atoms with Crippen LogP contribution in [0, 0.1) is 11.6 Å². The van der Waals surface area contributed by atoms with E-state index in [4.69, 9.17) is 0 Å². The Kier molecular flexibility index (Phi) is 4.04. The number of amides is 1. The van der Waals surface area contributed by atoms with Crippen LogP contribution in [-0.2, 0) is 4.79 Å². The van der Waals surface area contributed by atoms with Crippen LogP contribution in [-0.4, -0.2) is 28.5 Å². The Morgan fingerprint density at radius 1 is 1.28 bits per heavy atom. The van der Waals surface area contributed by atoms with Gasteiger partial charge in [0.1, 0.15) is 17.4 Å². The smallest absolute Gasteiger partial charge is 0.248 e. The number of nitrogens with zero attached hydrogens (tertiary/aromatic N) is 3. The molecule has 2 aromatic heterocycles. The van der Waals surface area contributed by atoms with E-state index in [1.54, 1.807) is 12.4 Å². The Morgan fingerprint density at radius 2 is 2.08 bits per heavy atom. The first-order valence-corrected chi connectivity index (χ1v) is 8.66. The summed E-state index contributed by atoms with van der Waals surface area (Å²) in [4.78, 5) is 22.7. The van der Waals surface area contributed by atoms with Crippen LogP contribution in [0.2, 0.25) is 0 Å². The average molecular weight is 360 g/mol. The highest BCUT2D eigenvalue weighted by molar-refractivity contribution is 7.22. The Hall–Kier alpha value is -2.61. The lowest BCUT2D eigenvalue weighted by molar-refractivity contribution is -0.117. The molecule has 0 bridgehead atoms. The van der Waals surface area contributed by atoms with Gasteiger partial charge in [-0.05, 0) is 31.0 Å². The molecule has 1 fully saturated rings. The van der Waals surface area contributed by atoms with Crippen molar-refractivity contribution in [1.82, 2.24) is 9.97 Å². The number of carbonyl (C=O) groups is 1. The molecule has 0 radical (unpaired) electrons. The van der Waals surface area contributed by atoms with Crippen LogP contribution >= 0.6 is 11.3 Å². The zero-order chi connectivity index (χ0) is 17.4. The molecule has 1 unspecified atom stereocenters. The molecule has 1 aliphatic heterocycles. The summed E-state index contributed by atoms with van der Waals surface area (Å²) >= 11 is 1.06. The number of aromatic nitrogens is 2. The molecule has 1 atom stereocenters. The molecule has 1 amide bonds. The molecule has 5 nitrogen and oxygen atoms in total. The lowest BCUT2D eigenvalue weighted by Gasteiger charge is -2.25. The first kappa shape index (κ1) is 15.9. The predicted molar refractivity (Wildman–Crippen MR) is 92.8 cm³/mol. The van der Waals surface area contributed by atoms with Crippen molar-refractivity contribution in [2.24, 2.45) is 0 Å². The highest BCUT2D eigenvalue weighted by Gasteiger charge is 2.31. The Bertz CT molecular complexity index is 931. The van der Waals surface area contributed by atoms with Crippen LogP contribution < -0.4 is 10.2 Å². The molecule has 0 spiro atoms. The lowest BCUT2D eigenvalue weighted by atomic mass is 10.2. The molecule has 0 saturated carbocycles. The molecule has 25 heavy (non-hydrogen) atoms. The maximum atomic E-state index is 13.8. The van der Waals surface area contributed by atoms with Crippen LogP contribution in [0.4, 0.5) is 19.6 Å². The molecule has 0 aliphatic carbocycles. The topological polar surface area (TPSA) is 58.1 Å². The number of anilines is 2. The van der Waals surface area contributed by atoms with Crippen molar-refractivity contribution in [3.05, 3.63) is 48.3 Å². The third-order valence-electron chi connectivity index (χ3n) is 4.19. The summed E-state index contributed by atoms with van der Waals surface area (Å²) < 4.78 is 27.4. The second-order valence-corrected chi connectivity index (χ2v) is 6.83. The summed E-state index contributed by atoms with van der Waals surface area (Å²) in [5.41, 5.74) is 1.00. The van der Waals surface area contributed by atoms with Crippen molar-refractivity contribution in [1.29, 1.82) is 0 Å². The first-order chi connectivity index (χ1) is 12.1. The molecule has 1 aromatic carbocycles. The minimum Gasteiger partial charge on any atom is -0.359 e. The van der Waals surface area contributed by atoms with Gasteiger partial charge in [-0.25, -0.2) is 13.8 Å². The highest BCUT2D eigenvalue weighted by atomic mass is 32.1. The van der Waals surface area contributed by atoms with E-state index in [9.17, 15) is 13.6 Å². The van der Waals surface area contributed by atoms with Crippen LogP contribution in [0.15, 0.2) is 36.7 Å². The number of hydrogen-bond acceptors (Lipinski definition) is 5. The molecule has 4 rings (SSSR count). The van der Waals surface area contributed by atoms with Crippen molar-refractivity contribution >= 4 is 38.3 Å². The zero-order valence-corrected chi connectivity index (χ0v) is 13.9. The summed E-state index contributed by atoms with van der Waals surface area (Å²) in [5.74, 6) is -1.59. The normalized spacial score (nSPS) is 17.2. The van der Waals surface area contributed by atoms with Crippen molar-refractivity contribution in [3.63, 3.8) is 0 Å². The van der Waals surface area contributed by atoms with Gasteiger partial charge in [-0.3, -0.25) is 9.78 Å². The van der Waals surface area contributed by atoms with Crippen LogP contribution in [0.5, 0.6) is 0 Å². The molecule has 1 N–H and O–H groups in total. The van der Waals surface area contributed by atoms with Gasteiger partial charge in [-0.1, -0.05) is 11.3 Å². The van der Waals surface area contributed by atoms with Crippen LogP contribution in [0.3, 0.4) is 0 Å². The summed E-state index contributed by atoms with van der Waals surface area (Å²) in [6, 6.07) is 5.40. The fourth-order valence-corrected chi connectivity index (χ4v) is 3.99. The van der Waals surface area contributed by atoms with Crippen LogP contribution in [0.25, 0.3) is 10.2 Å². The second kappa shape index (κ2) is 6.36. The van der Waals surface area contributed by atoms with E-state index in [2.05, 4.69) is 15.3 Å². The van der Waals surface area contributed by atoms with E-state index in [1.807, 2.05) is 17.0 Å². The van der Waals surface area contributed by atoms with Gasteiger partial charge in [0.05, 0.1) is 4.70 Å². The van der Waals surface area contributed by atoms with Gasteiger partial charge in [-0.15, -0.1) is 0 Å². The minimum absolute atomic E-state index is 0.0686. The maximum Gasteiger partial charge on any atom is 0.248 e. The summed E-state index contributed by atoms with van der Waals surface area (Å²) in [6.07, 6.45) is 5.00. The lowest BCUT2D eigenvalue weighted by Crippen LogP contribution is -2.39. The predicted octanol–water partition coefficient (Wildman–Crippen LogP) is 3.58. The van der Waals surface area contributed by atoms with Gasteiger partial charge in [0.25, 0.3) is 0 Å². The van der Waals surface area contributed by atoms with Gasteiger partial charge in [-0.2, -0.15) is 0 Å². The van der Waals surface area contributed by atoms with E-state index in [1.165, 1.54) is 6.07 Å². The quantitative estimate of drug-likeness (QED) is 0.776. The van der Waals surface area contributed by atoms with Gasteiger partial charge in [0.2, 0.25) is 5.91 Å². The third kappa shape index (κ3) is 3.05. The molecule has 8 heteroatoms. The molecular weight excluding hydrogens is 346 g/mol. The standard InChI is InChI=1S/C17H14F2N4OS/c18-10-8-12(19)15-14(9-10)25-17(21-15)22-16(24)13-2-1-7-23(13)11-3-5-20-6-4-11/h3-6,8-9,13H,1-2,7H2,(H,21,22,24). The number of nitrogens with one attached hydrogen (secondary N) is 1. The van der Waals surface area contributed by atoms with E-state index in [-0.39, 0.29) is 22.6 Å². The second-order valence-electron chi connectivity index (χ2n) is 5.80. The Morgan fingerprint density at radius 3 is 2.88 bits per heavy atom. The Labute approximate surface area is 146 Å². The van der Waals surface area contributed by atoms with Gasteiger partial charge >= 0.3 is 0 Å². The van der Waals surface area contributed by atoms with Crippen molar-refractivity contribution in [3.8, 4) is 0 Å². The number of benzene rings is 1. The summed E-state index contributed by atoms with van der Waals surface area (Å²) in [6.45, 7) is 0.780. The molecular formula is C17H14F2N4OS. The number of pyridine rings is 1. The number of fused-ring (bicyclic) bond motifs is 1. The van der Waals surface area contributed by atoms with Gasteiger partial charge in [0.15, 0.2) is 10.9 Å². The van der Waals surface area contributed by atoms with E-state index in [0.717, 1.165) is 42.5 Å². The third-order valence-corrected chi connectivity index (χ3v) is 5.11. The van der Waals surface area contributed by atoms with Crippen LogP contribution in [0.1, 0.15) is 12.8 Å². The summed E-state index contributed by atoms with van der Waals surface area (Å²) in [7, 11) is 0. The summed E-state index contributed by atoms with van der Waals surface area (Å²) in [5, 5.41) is 3.01. The first-order valence-electron chi connectivity index (χ1n) is 7.85. The molecule has 1 aliphatic rings. The van der Waals surface area contributed by atoms with Gasteiger partial charge in [0, 0.05) is 30.7 Å². The van der Waals surface area contributed by atoms with E-state index < -0.39 is 11.6 Å². The van der Waals surface area contributed by atoms with Crippen molar-refractivity contribution < 1.29 is 13.6 Å². The molecule has 3 aromatic rings. The maximum absolute atomic E-state index is 13.8. The number of carbonyl (C=O) groups excluding carboxylic acids is 1. The molecule has 128 valence electrons. The Balaban J connectivity index is 1.56. The number of hydrogen-bond donors (Lipinski definition) is 1. The fourth-order valence-electron chi connectivity index (χ4n) is 3.08. The van der Waals surface area contributed by atoms with Crippen molar-refractivity contribution in [2.45, 2.75) is 18.9 Å². The fraction of sp³-hybridized carbons (Fsp3) is 0.235. The largest absolute Gasteiger partial charge is 0.359 e. The average Bonchev–Trinajstić information content (AvgIpc) is 3.22. The SMILES string of the molecule is O=C(Nc1nc2c(F)cc(F)cc2s1)C1CCCN1c1ccncc1. The zero-order valence-electron chi connectivity index (χ0n) is 13.1. The van der Waals surface area contributed by atoms with Gasteiger partial charge < -0.3 is 10.2 Å². The monoisotopic (exact) mass is 360 g/mol. The molecule has 3 heterocycles. The van der Waals surface area contributed by atoms with E-state index in [0.29, 0.717) is 4.70 Å². The highest BCUT2D eigenvalue weighted by Crippen LogP contribution is 2.30. The minimum atomic E-state index is -0.731. The van der Waals surface area contributed by atoms with E-state index >= 15 is 0 Å². The number of thiazole rings is 1. The number of rotatable bonds is 3.